The minimum Gasteiger partial charge on any atom is -0.310 e. The van der Waals surface area contributed by atoms with E-state index in [9.17, 15) is 4.79 Å². The number of nitrogens with one attached hydrogen (secondary N) is 1. The van der Waals surface area contributed by atoms with Crippen molar-refractivity contribution in [3.63, 3.8) is 0 Å². The van der Waals surface area contributed by atoms with Crippen LogP contribution in [0.25, 0.3) is 0 Å². The third-order valence-corrected chi connectivity index (χ3v) is 3.91. The lowest BCUT2D eigenvalue weighted by molar-refractivity contribution is 0.527. The van der Waals surface area contributed by atoms with Gasteiger partial charge in [-0.05, 0) is 51.7 Å². The van der Waals surface area contributed by atoms with Gasteiger partial charge in [-0.1, -0.05) is 6.92 Å². The van der Waals surface area contributed by atoms with Gasteiger partial charge < -0.3 is 9.88 Å². The monoisotopic (exact) mass is 248 g/mol. The zero-order chi connectivity index (χ0) is 13.3. The van der Waals surface area contributed by atoms with Gasteiger partial charge in [-0.25, -0.2) is 0 Å². The Morgan fingerprint density at radius 1 is 1.44 bits per heavy atom. The minimum atomic E-state index is 0.214. The standard InChI is InChI=1S/C15H24N2O/c1-5-11(3)16-9-14-10(2)8-12(4)17(15(14)18)13-6-7-13/h8,11,13,16H,5-7,9H2,1-4H3. The van der Waals surface area contributed by atoms with Crippen LogP contribution in [0.4, 0.5) is 0 Å². The van der Waals surface area contributed by atoms with Crippen LogP contribution in [0.1, 0.15) is 56.0 Å². The van der Waals surface area contributed by atoms with Crippen molar-refractivity contribution in [3.8, 4) is 0 Å². The predicted molar refractivity (Wildman–Crippen MR) is 75.0 cm³/mol. The van der Waals surface area contributed by atoms with Crippen molar-refractivity contribution in [1.29, 1.82) is 0 Å². The molecule has 0 amide bonds. The van der Waals surface area contributed by atoms with E-state index in [0.717, 1.165) is 36.1 Å². The van der Waals surface area contributed by atoms with Gasteiger partial charge in [-0.15, -0.1) is 0 Å². The maximum Gasteiger partial charge on any atom is 0.255 e. The van der Waals surface area contributed by atoms with Gasteiger partial charge in [0.15, 0.2) is 0 Å². The number of rotatable bonds is 5. The van der Waals surface area contributed by atoms with Crippen LogP contribution in [0.2, 0.25) is 0 Å². The highest BCUT2D eigenvalue weighted by Gasteiger charge is 2.27. The zero-order valence-corrected chi connectivity index (χ0v) is 11.9. The Hall–Kier alpha value is -1.09. The fourth-order valence-corrected chi connectivity index (χ4v) is 2.37. The Bertz CT molecular complexity index is 486. The molecule has 3 heteroatoms. The summed E-state index contributed by atoms with van der Waals surface area (Å²) in [7, 11) is 0. The Morgan fingerprint density at radius 3 is 2.67 bits per heavy atom. The van der Waals surface area contributed by atoms with E-state index in [1.54, 1.807) is 0 Å². The molecular formula is C15H24N2O. The molecule has 1 aliphatic carbocycles. The molecule has 18 heavy (non-hydrogen) atoms. The summed E-state index contributed by atoms with van der Waals surface area (Å²) >= 11 is 0. The molecule has 0 aliphatic heterocycles. The lowest BCUT2D eigenvalue weighted by atomic mass is 10.1. The second kappa shape index (κ2) is 5.27. The largest absolute Gasteiger partial charge is 0.310 e. The van der Waals surface area contributed by atoms with E-state index >= 15 is 0 Å². The first-order chi connectivity index (χ1) is 8.54. The highest BCUT2D eigenvalue weighted by atomic mass is 16.1. The van der Waals surface area contributed by atoms with Crippen molar-refractivity contribution in [1.82, 2.24) is 9.88 Å². The average molecular weight is 248 g/mol. The third kappa shape index (κ3) is 2.66. The van der Waals surface area contributed by atoms with Gasteiger partial charge in [-0.3, -0.25) is 4.79 Å². The smallest absolute Gasteiger partial charge is 0.255 e. The van der Waals surface area contributed by atoms with Gasteiger partial charge in [0.1, 0.15) is 0 Å². The van der Waals surface area contributed by atoms with Crippen LogP contribution >= 0.6 is 0 Å². The molecule has 2 rings (SSSR count). The van der Waals surface area contributed by atoms with E-state index in [2.05, 4.69) is 25.2 Å². The number of pyridine rings is 1. The highest BCUT2D eigenvalue weighted by Crippen LogP contribution is 2.34. The average Bonchev–Trinajstić information content (AvgIpc) is 3.12. The van der Waals surface area contributed by atoms with Crippen molar-refractivity contribution in [2.24, 2.45) is 0 Å². The van der Waals surface area contributed by atoms with Crippen LogP contribution in [0, 0.1) is 13.8 Å². The number of nitrogens with zero attached hydrogens (tertiary/aromatic N) is 1. The fourth-order valence-electron chi connectivity index (χ4n) is 2.37. The van der Waals surface area contributed by atoms with Crippen LogP contribution in [0.5, 0.6) is 0 Å². The predicted octanol–water partition coefficient (Wildman–Crippen LogP) is 2.69. The van der Waals surface area contributed by atoms with Gasteiger partial charge in [-0.2, -0.15) is 0 Å². The number of hydrogen-bond donors (Lipinski definition) is 1. The van der Waals surface area contributed by atoms with E-state index < -0.39 is 0 Å². The van der Waals surface area contributed by atoms with Gasteiger partial charge in [0.2, 0.25) is 0 Å². The SMILES string of the molecule is CCC(C)NCc1c(C)cc(C)n(C2CC2)c1=O. The molecule has 0 spiro atoms. The molecule has 1 heterocycles. The highest BCUT2D eigenvalue weighted by molar-refractivity contribution is 5.27. The number of aryl methyl sites for hydroxylation is 2. The Labute approximate surface area is 109 Å². The van der Waals surface area contributed by atoms with E-state index in [-0.39, 0.29) is 5.56 Å². The van der Waals surface area contributed by atoms with Crippen molar-refractivity contribution in [2.75, 3.05) is 0 Å². The molecule has 1 N–H and O–H groups in total. The molecule has 0 bridgehead atoms. The normalized spacial score (nSPS) is 16.9. The van der Waals surface area contributed by atoms with E-state index in [0.29, 0.717) is 18.6 Å². The molecule has 1 atom stereocenters. The van der Waals surface area contributed by atoms with Crippen molar-refractivity contribution in [2.45, 2.75) is 65.6 Å². The van der Waals surface area contributed by atoms with Crippen LogP contribution in [-0.2, 0) is 6.54 Å². The summed E-state index contributed by atoms with van der Waals surface area (Å²) in [5.74, 6) is 0. The van der Waals surface area contributed by atoms with Crippen LogP contribution in [-0.4, -0.2) is 10.6 Å². The molecule has 100 valence electrons. The van der Waals surface area contributed by atoms with Gasteiger partial charge >= 0.3 is 0 Å². The van der Waals surface area contributed by atoms with Crippen LogP contribution in [0.3, 0.4) is 0 Å². The van der Waals surface area contributed by atoms with Crippen molar-refractivity contribution < 1.29 is 0 Å². The van der Waals surface area contributed by atoms with Crippen LogP contribution < -0.4 is 10.9 Å². The molecule has 0 aromatic carbocycles. The molecule has 1 fully saturated rings. The minimum absolute atomic E-state index is 0.214. The van der Waals surface area contributed by atoms with Gasteiger partial charge in [0, 0.05) is 29.9 Å². The first-order valence-electron chi connectivity index (χ1n) is 6.99. The van der Waals surface area contributed by atoms with E-state index in [1.165, 1.54) is 0 Å². The van der Waals surface area contributed by atoms with Crippen molar-refractivity contribution >= 4 is 0 Å². The summed E-state index contributed by atoms with van der Waals surface area (Å²) in [4.78, 5) is 12.5. The molecule has 1 aliphatic rings. The molecule has 1 aromatic heterocycles. The Kier molecular flexibility index (Phi) is 3.91. The number of aromatic nitrogens is 1. The molecule has 3 nitrogen and oxygen atoms in total. The maximum atomic E-state index is 12.5. The molecule has 1 unspecified atom stereocenters. The maximum absolute atomic E-state index is 12.5. The third-order valence-electron chi connectivity index (χ3n) is 3.91. The summed E-state index contributed by atoms with van der Waals surface area (Å²) in [6.45, 7) is 9.08. The molecule has 0 radical (unpaired) electrons. The summed E-state index contributed by atoms with van der Waals surface area (Å²) in [5.41, 5.74) is 3.37. The van der Waals surface area contributed by atoms with E-state index in [1.807, 2.05) is 18.4 Å². The first-order valence-corrected chi connectivity index (χ1v) is 6.99. The lowest BCUT2D eigenvalue weighted by Gasteiger charge is -2.16. The quantitative estimate of drug-likeness (QED) is 0.869. The second-order valence-corrected chi connectivity index (χ2v) is 5.54. The zero-order valence-electron chi connectivity index (χ0n) is 11.9. The summed E-state index contributed by atoms with van der Waals surface area (Å²) in [5, 5.41) is 3.42. The van der Waals surface area contributed by atoms with Crippen LogP contribution in [0.15, 0.2) is 10.9 Å². The van der Waals surface area contributed by atoms with E-state index in [4.69, 9.17) is 0 Å². The molecule has 1 saturated carbocycles. The number of hydrogen-bond acceptors (Lipinski definition) is 2. The first kappa shape index (κ1) is 13.3. The molecular weight excluding hydrogens is 224 g/mol. The Morgan fingerprint density at radius 2 is 2.11 bits per heavy atom. The summed E-state index contributed by atoms with van der Waals surface area (Å²) in [6.07, 6.45) is 3.39. The topological polar surface area (TPSA) is 34.0 Å². The Balaban J connectivity index is 2.29. The van der Waals surface area contributed by atoms with Crippen molar-refractivity contribution in [3.05, 3.63) is 33.2 Å². The molecule has 1 aromatic rings. The molecule has 0 saturated heterocycles. The lowest BCUT2D eigenvalue weighted by Crippen LogP contribution is -2.32. The van der Waals surface area contributed by atoms with Gasteiger partial charge in [0.25, 0.3) is 5.56 Å². The summed E-state index contributed by atoms with van der Waals surface area (Å²) < 4.78 is 1.99. The summed E-state index contributed by atoms with van der Waals surface area (Å²) in [6, 6.07) is 3.06. The fraction of sp³-hybridized carbons (Fsp3) is 0.667. The van der Waals surface area contributed by atoms with Gasteiger partial charge in [0.05, 0.1) is 0 Å². The second-order valence-electron chi connectivity index (χ2n) is 5.54.